The molecule has 1 atom stereocenters. The van der Waals surface area contributed by atoms with Crippen LogP contribution in [0.1, 0.15) is 36.9 Å². The number of hydrogen-bond donors (Lipinski definition) is 2. The second-order valence-corrected chi connectivity index (χ2v) is 8.27. The Morgan fingerprint density at radius 1 is 1.10 bits per heavy atom. The molecule has 1 fully saturated rings. The molecular weight excluding hydrogens is 386 g/mol. The van der Waals surface area contributed by atoms with Crippen LogP contribution in [-0.2, 0) is 11.2 Å². The zero-order valence-corrected chi connectivity index (χ0v) is 19.0. The predicted molar refractivity (Wildman–Crippen MR) is 129 cm³/mol. The standard InChI is InChI=1S/C25H35N5O/c1-20(22-12-9-13-23(18-22)30-16-7-8-17-30)28-25(27-19-24(31)29(2)3)26-15-14-21-10-5-4-6-11-21/h4-6,9-13,18,20H,7-8,14-17,19H2,1-3H3,(H2,26,27,28). The lowest BCUT2D eigenvalue weighted by atomic mass is 10.1. The summed E-state index contributed by atoms with van der Waals surface area (Å²) in [6.45, 7) is 5.25. The van der Waals surface area contributed by atoms with Crippen molar-refractivity contribution in [1.29, 1.82) is 0 Å². The lowest BCUT2D eigenvalue weighted by Crippen LogP contribution is -2.40. The fourth-order valence-electron chi connectivity index (χ4n) is 3.67. The molecule has 2 aromatic carbocycles. The van der Waals surface area contributed by atoms with Crippen LogP contribution in [0.25, 0.3) is 0 Å². The number of hydrogen-bond acceptors (Lipinski definition) is 3. The van der Waals surface area contributed by atoms with E-state index < -0.39 is 0 Å². The molecule has 1 aliphatic rings. The highest BCUT2D eigenvalue weighted by Crippen LogP contribution is 2.23. The molecule has 0 bridgehead atoms. The van der Waals surface area contributed by atoms with E-state index in [2.05, 4.69) is 63.8 Å². The maximum Gasteiger partial charge on any atom is 0.243 e. The molecule has 6 heteroatoms. The number of rotatable bonds is 8. The molecule has 3 rings (SSSR count). The van der Waals surface area contributed by atoms with Crippen molar-refractivity contribution in [3.63, 3.8) is 0 Å². The largest absolute Gasteiger partial charge is 0.372 e. The molecule has 2 aromatic rings. The summed E-state index contributed by atoms with van der Waals surface area (Å²) in [6.07, 6.45) is 3.42. The van der Waals surface area contributed by atoms with Gasteiger partial charge in [-0.25, -0.2) is 4.99 Å². The van der Waals surface area contributed by atoms with Gasteiger partial charge >= 0.3 is 0 Å². The SMILES string of the molecule is CC(NC(=NCC(=O)N(C)C)NCCc1ccccc1)c1cccc(N2CCCC2)c1. The Labute approximate surface area is 186 Å². The highest BCUT2D eigenvalue weighted by atomic mass is 16.2. The number of benzene rings is 2. The van der Waals surface area contributed by atoms with Gasteiger partial charge in [-0.3, -0.25) is 4.79 Å². The van der Waals surface area contributed by atoms with Gasteiger partial charge in [0.15, 0.2) is 5.96 Å². The summed E-state index contributed by atoms with van der Waals surface area (Å²) >= 11 is 0. The maximum atomic E-state index is 12.0. The molecule has 0 aromatic heterocycles. The number of carbonyl (C=O) groups excluding carboxylic acids is 1. The van der Waals surface area contributed by atoms with Crippen LogP contribution in [0.3, 0.4) is 0 Å². The van der Waals surface area contributed by atoms with Gasteiger partial charge in [0.05, 0.1) is 6.04 Å². The lowest BCUT2D eigenvalue weighted by Gasteiger charge is -2.22. The third-order valence-electron chi connectivity index (χ3n) is 5.61. The number of aliphatic imine (C=N–C) groups is 1. The number of likely N-dealkylation sites (N-methyl/N-ethyl adjacent to an activating group) is 1. The Morgan fingerprint density at radius 3 is 2.55 bits per heavy atom. The van der Waals surface area contributed by atoms with Crippen LogP contribution in [0.2, 0.25) is 0 Å². The van der Waals surface area contributed by atoms with E-state index in [1.807, 2.05) is 18.2 Å². The van der Waals surface area contributed by atoms with Crippen molar-refractivity contribution < 1.29 is 4.79 Å². The average molecular weight is 422 g/mol. The maximum absolute atomic E-state index is 12.0. The van der Waals surface area contributed by atoms with E-state index in [1.165, 1.54) is 29.7 Å². The zero-order chi connectivity index (χ0) is 22.1. The summed E-state index contributed by atoms with van der Waals surface area (Å²) in [5.74, 6) is 0.637. The van der Waals surface area contributed by atoms with Gasteiger partial charge < -0.3 is 20.4 Å². The normalized spacial score (nSPS) is 14.9. The van der Waals surface area contributed by atoms with E-state index >= 15 is 0 Å². The molecule has 1 unspecified atom stereocenters. The van der Waals surface area contributed by atoms with Gasteiger partial charge in [0.2, 0.25) is 5.91 Å². The Hall–Kier alpha value is -3.02. The fourth-order valence-corrected chi connectivity index (χ4v) is 3.67. The summed E-state index contributed by atoms with van der Waals surface area (Å²) in [6, 6.07) is 19.1. The molecule has 0 saturated carbocycles. The number of nitrogens with zero attached hydrogens (tertiary/aromatic N) is 3. The first-order valence-electron chi connectivity index (χ1n) is 11.2. The Bertz CT molecular complexity index is 859. The van der Waals surface area contributed by atoms with Gasteiger partial charge in [-0.05, 0) is 49.4 Å². The Morgan fingerprint density at radius 2 is 1.84 bits per heavy atom. The summed E-state index contributed by atoms with van der Waals surface area (Å²) in [5.41, 5.74) is 3.76. The van der Waals surface area contributed by atoms with Crippen LogP contribution in [0, 0.1) is 0 Å². The second kappa shape index (κ2) is 11.4. The molecule has 1 heterocycles. The molecular formula is C25H35N5O. The molecule has 6 nitrogen and oxygen atoms in total. The Balaban J connectivity index is 1.65. The van der Waals surface area contributed by atoms with Gasteiger partial charge in [0.25, 0.3) is 0 Å². The molecule has 2 N–H and O–H groups in total. The molecule has 1 amide bonds. The molecule has 0 radical (unpaired) electrons. The smallest absolute Gasteiger partial charge is 0.243 e. The highest BCUT2D eigenvalue weighted by Gasteiger charge is 2.15. The van der Waals surface area contributed by atoms with Gasteiger partial charge in [-0.15, -0.1) is 0 Å². The second-order valence-electron chi connectivity index (χ2n) is 8.27. The summed E-state index contributed by atoms with van der Waals surface area (Å²) < 4.78 is 0. The van der Waals surface area contributed by atoms with Crippen molar-refractivity contribution in [2.24, 2.45) is 4.99 Å². The van der Waals surface area contributed by atoms with Crippen molar-refractivity contribution in [3.8, 4) is 0 Å². The number of amides is 1. The summed E-state index contributed by atoms with van der Waals surface area (Å²) in [7, 11) is 3.50. The highest BCUT2D eigenvalue weighted by molar-refractivity contribution is 5.85. The topological polar surface area (TPSA) is 60.0 Å². The van der Waals surface area contributed by atoms with E-state index in [9.17, 15) is 4.79 Å². The van der Waals surface area contributed by atoms with Crippen LogP contribution >= 0.6 is 0 Å². The molecule has 1 saturated heterocycles. The van der Waals surface area contributed by atoms with Crippen LogP contribution in [-0.4, -0.2) is 57.0 Å². The van der Waals surface area contributed by atoms with Crippen molar-refractivity contribution >= 4 is 17.6 Å². The van der Waals surface area contributed by atoms with Crippen molar-refractivity contribution in [2.75, 3.05) is 45.2 Å². The van der Waals surface area contributed by atoms with Crippen LogP contribution < -0.4 is 15.5 Å². The van der Waals surface area contributed by atoms with Crippen molar-refractivity contribution in [2.45, 2.75) is 32.2 Å². The number of carbonyl (C=O) groups is 1. The van der Waals surface area contributed by atoms with Crippen molar-refractivity contribution in [1.82, 2.24) is 15.5 Å². The molecule has 1 aliphatic heterocycles. The third kappa shape index (κ3) is 7.02. The van der Waals surface area contributed by atoms with E-state index in [4.69, 9.17) is 0 Å². The third-order valence-corrected chi connectivity index (χ3v) is 5.61. The fraction of sp³-hybridized carbons (Fsp3) is 0.440. The first-order chi connectivity index (χ1) is 15.0. The van der Waals surface area contributed by atoms with Crippen molar-refractivity contribution in [3.05, 3.63) is 65.7 Å². The van der Waals surface area contributed by atoms with Crippen LogP contribution in [0.4, 0.5) is 5.69 Å². The minimum atomic E-state index is -0.0205. The summed E-state index contributed by atoms with van der Waals surface area (Å²) in [4.78, 5) is 20.6. The predicted octanol–water partition coefficient (Wildman–Crippen LogP) is 3.21. The van der Waals surface area contributed by atoms with Gasteiger partial charge in [-0.1, -0.05) is 42.5 Å². The first-order valence-corrected chi connectivity index (χ1v) is 11.2. The quantitative estimate of drug-likeness (QED) is 0.508. The van der Waals surface area contributed by atoms with Gasteiger partial charge in [0.1, 0.15) is 6.54 Å². The number of nitrogens with one attached hydrogen (secondary N) is 2. The summed E-state index contributed by atoms with van der Waals surface area (Å²) in [5, 5.41) is 6.87. The first kappa shape index (κ1) is 22.7. The monoisotopic (exact) mass is 421 g/mol. The Kier molecular flexibility index (Phi) is 8.33. The van der Waals surface area contributed by atoms with Gasteiger partial charge in [0, 0.05) is 39.4 Å². The molecule has 0 aliphatic carbocycles. The number of anilines is 1. The van der Waals surface area contributed by atoms with E-state index in [0.717, 1.165) is 26.1 Å². The van der Waals surface area contributed by atoms with Gasteiger partial charge in [-0.2, -0.15) is 0 Å². The van der Waals surface area contributed by atoms with Crippen LogP contribution in [0.5, 0.6) is 0 Å². The molecule has 166 valence electrons. The average Bonchev–Trinajstić information content (AvgIpc) is 3.33. The zero-order valence-electron chi connectivity index (χ0n) is 19.0. The molecule has 31 heavy (non-hydrogen) atoms. The minimum Gasteiger partial charge on any atom is -0.372 e. The number of guanidine groups is 1. The van der Waals surface area contributed by atoms with E-state index in [0.29, 0.717) is 5.96 Å². The lowest BCUT2D eigenvalue weighted by molar-refractivity contribution is -0.127. The van der Waals surface area contributed by atoms with E-state index in [-0.39, 0.29) is 18.5 Å². The van der Waals surface area contributed by atoms with E-state index in [1.54, 1.807) is 19.0 Å². The molecule has 0 spiro atoms. The minimum absolute atomic E-state index is 0.0205. The van der Waals surface area contributed by atoms with Crippen LogP contribution in [0.15, 0.2) is 59.6 Å².